The fraction of sp³-hybridized carbons (Fsp3) is 0.167. The molecule has 16 heavy (non-hydrogen) atoms. The summed E-state index contributed by atoms with van der Waals surface area (Å²) < 4.78 is 1.03. The van der Waals surface area contributed by atoms with Crippen molar-refractivity contribution in [2.24, 2.45) is 0 Å². The zero-order valence-electron chi connectivity index (χ0n) is 8.52. The van der Waals surface area contributed by atoms with Crippen LogP contribution in [-0.4, -0.2) is 10.8 Å². The van der Waals surface area contributed by atoms with Crippen LogP contribution < -0.4 is 0 Å². The SMILES string of the molecule is O=C(Cc1ccc(Br)cc1)Cc1cncs1. The van der Waals surface area contributed by atoms with Crippen LogP contribution in [0.2, 0.25) is 0 Å². The number of rotatable bonds is 4. The van der Waals surface area contributed by atoms with Gasteiger partial charge in [-0.2, -0.15) is 0 Å². The standard InChI is InChI=1S/C12H10BrNOS/c13-10-3-1-9(2-4-10)5-11(15)6-12-7-14-8-16-12/h1-4,7-8H,5-6H2. The van der Waals surface area contributed by atoms with Crippen LogP contribution in [-0.2, 0) is 17.6 Å². The Morgan fingerprint density at radius 3 is 2.62 bits per heavy atom. The Balaban J connectivity index is 1.95. The molecule has 0 fully saturated rings. The van der Waals surface area contributed by atoms with E-state index in [1.54, 1.807) is 11.7 Å². The molecule has 82 valence electrons. The van der Waals surface area contributed by atoms with Crippen molar-refractivity contribution in [2.45, 2.75) is 12.8 Å². The summed E-state index contributed by atoms with van der Waals surface area (Å²) in [5, 5.41) is 0. The average molecular weight is 296 g/mol. The highest BCUT2D eigenvalue weighted by Crippen LogP contribution is 2.13. The third-order valence-corrected chi connectivity index (χ3v) is 3.48. The van der Waals surface area contributed by atoms with Gasteiger partial charge in [0.05, 0.1) is 5.51 Å². The minimum atomic E-state index is 0.228. The zero-order chi connectivity index (χ0) is 11.4. The molecule has 0 bridgehead atoms. The smallest absolute Gasteiger partial charge is 0.142 e. The van der Waals surface area contributed by atoms with E-state index >= 15 is 0 Å². The van der Waals surface area contributed by atoms with Gasteiger partial charge in [-0.3, -0.25) is 9.78 Å². The first kappa shape index (κ1) is 11.5. The predicted octanol–water partition coefficient (Wildman–Crippen LogP) is 3.26. The molecule has 0 aliphatic heterocycles. The van der Waals surface area contributed by atoms with E-state index in [9.17, 15) is 4.79 Å². The number of ketones is 1. The van der Waals surface area contributed by atoms with E-state index < -0.39 is 0 Å². The van der Waals surface area contributed by atoms with Crippen molar-refractivity contribution in [3.63, 3.8) is 0 Å². The van der Waals surface area contributed by atoms with Crippen molar-refractivity contribution in [1.82, 2.24) is 4.98 Å². The maximum atomic E-state index is 11.7. The molecule has 1 aromatic carbocycles. The largest absolute Gasteiger partial charge is 0.299 e. The topological polar surface area (TPSA) is 30.0 Å². The quantitative estimate of drug-likeness (QED) is 0.867. The average Bonchev–Trinajstić information content (AvgIpc) is 2.74. The maximum Gasteiger partial charge on any atom is 0.142 e. The van der Waals surface area contributed by atoms with Crippen LogP contribution in [0.3, 0.4) is 0 Å². The van der Waals surface area contributed by atoms with Gasteiger partial charge in [0.2, 0.25) is 0 Å². The molecule has 0 unspecified atom stereocenters. The van der Waals surface area contributed by atoms with Gasteiger partial charge in [-0.15, -0.1) is 11.3 Å². The molecule has 0 saturated heterocycles. The van der Waals surface area contributed by atoms with Gasteiger partial charge in [-0.25, -0.2) is 0 Å². The monoisotopic (exact) mass is 295 g/mol. The first-order valence-corrected chi connectivity index (χ1v) is 6.55. The van der Waals surface area contributed by atoms with E-state index in [2.05, 4.69) is 20.9 Å². The summed E-state index contributed by atoms with van der Waals surface area (Å²) in [5.74, 6) is 0.228. The number of hydrogen-bond acceptors (Lipinski definition) is 3. The van der Waals surface area contributed by atoms with Crippen LogP contribution in [0.25, 0.3) is 0 Å². The molecule has 1 heterocycles. The Labute approximate surface area is 106 Å². The number of halogens is 1. The summed E-state index contributed by atoms with van der Waals surface area (Å²) in [6.07, 6.45) is 2.73. The lowest BCUT2D eigenvalue weighted by atomic mass is 10.1. The van der Waals surface area contributed by atoms with Crippen LogP contribution in [0.5, 0.6) is 0 Å². The second-order valence-corrected chi connectivity index (χ2v) is 5.37. The molecule has 2 aromatic rings. The summed E-state index contributed by atoms with van der Waals surface area (Å²) >= 11 is 4.89. The van der Waals surface area contributed by atoms with Crippen molar-refractivity contribution >= 4 is 33.0 Å². The van der Waals surface area contributed by atoms with Crippen molar-refractivity contribution in [3.05, 3.63) is 50.9 Å². The molecule has 0 atom stereocenters. The van der Waals surface area contributed by atoms with Crippen molar-refractivity contribution in [2.75, 3.05) is 0 Å². The minimum absolute atomic E-state index is 0.228. The van der Waals surface area contributed by atoms with E-state index in [0.717, 1.165) is 14.9 Å². The molecular weight excluding hydrogens is 286 g/mol. The molecular formula is C12H10BrNOS. The lowest BCUT2D eigenvalue weighted by Gasteiger charge is -2.00. The fourth-order valence-electron chi connectivity index (χ4n) is 1.42. The summed E-state index contributed by atoms with van der Waals surface area (Å²) in [4.78, 5) is 16.7. The fourth-order valence-corrected chi connectivity index (χ4v) is 2.30. The second-order valence-electron chi connectivity index (χ2n) is 3.49. The van der Waals surface area contributed by atoms with Gasteiger partial charge in [0.15, 0.2) is 0 Å². The van der Waals surface area contributed by atoms with Gasteiger partial charge in [0.1, 0.15) is 5.78 Å². The molecule has 1 aromatic heterocycles. The van der Waals surface area contributed by atoms with Gasteiger partial charge in [-0.1, -0.05) is 28.1 Å². The number of carbonyl (C=O) groups is 1. The molecule has 0 amide bonds. The van der Waals surface area contributed by atoms with Crippen LogP contribution >= 0.6 is 27.3 Å². The third-order valence-electron chi connectivity index (χ3n) is 2.17. The van der Waals surface area contributed by atoms with Crippen LogP contribution in [0.15, 0.2) is 40.4 Å². The maximum absolute atomic E-state index is 11.7. The van der Waals surface area contributed by atoms with E-state index in [0.29, 0.717) is 12.8 Å². The Hall–Kier alpha value is -1.00. The first-order valence-electron chi connectivity index (χ1n) is 4.87. The molecule has 2 rings (SSSR count). The Morgan fingerprint density at radius 2 is 2.00 bits per heavy atom. The first-order chi connectivity index (χ1) is 7.74. The number of benzene rings is 1. The number of nitrogens with zero attached hydrogens (tertiary/aromatic N) is 1. The normalized spacial score (nSPS) is 10.3. The molecule has 0 radical (unpaired) electrons. The van der Waals surface area contributed by atoms with Gasteiger partial charge >= 0.3 is 0 Å². The zero-order valence-corrected chi connectivity index (χ0v) is 10.9. The highest BCUT2D eigenvalue weighted by atomic mass is 79.9. The number of thiazole rings is 1. The highest BCUT2D eigenvalue weighted by Gasteiger charge is 2.06. The number of carbonyl (C=O) groups excluding carboxylic acids is 1. The van der Waals surface area contributed by atoms with Crippen molar-refractivity contribution in [3.8, 4) is 0 Å². The Morgan fingerprint density at radius 1 is 1.25 bits per heavy atom. The van der Waals surface area contributed by atoms with E-state index in [-0.39, 0.29) is 5.78 Å². The number of Topliss-reactive ketones (excluding diaryl/α,β-unsaturated/α-hetero) is 1. The van der Waals surface area contributed by atoms with Gasteiger partial charge in [0.25, 0.3) is 0 Å². The van der Waals surface area contributed by atoms with Crippen LogP contribution in [0.4, 0.5) is 0 Å². The molecule has 0 aliphatic rings. The number of aromatic nitrogens is 1. The minimum Gasteiger partial charge on any atom is -0.299 e. The van der Waals surface area contributed by atoms with Gasteiger partial charge in [-0.05, 0) is 17.7 Å². The predicted molar refractivity (Wildman–Crippen MR) is 68.7 cm³/mol. The molecule has 0 spiro atoms. The van der Waals surface area contributed by atoms with Crippen molar-refractivity contribution in [1.29, 1.82) is 0 Å². The van der Waals surface area contributed by atoms with Gasteiger partial charge < -0.3 is 0 Å². The molecule has 0 aliphatic carbocycles. The van der Waals surface area contributed by atoms with Crippen molar-refractivity contribution < 1.29 is 4.79 Å². The van der Waals surface area contributed by atoms with Crippen LogP contribution in [0, 0.1) is 0 Å². The lowest BCUT2D eigenvalue weighted by molar-refractivity contribution is -0.117. The Kier molecular flexibility index (Phi) is 3.85. The molecule has 0 N–H and O–H groups in total. The van der Waals surface area contributed by atoms with Gasteiger partial charge in [0, 0.05) is 28.4 Å². The lowest BCUT2D eigenvalue weighted by Crippen LogP contribution is -2.05. The molecule has 0 saturated carbocycles. The summed E-state index contributed by atoms with van der Waals surface area (Å²) in [7, 11) is 0. The summed E-state index contributed by atoms with van der Waals surface area (Å²) in [5.41, 5.74) is 2.81. The molecule has 4 heteroatoms. The highest BCUT2D eigenvalue weighted by molar-refractivity contribution is 9.10. The van der Waals surface area contributed by atoms with E-state index in [1.165, 1.54) is 11.3 Å². The van der Waals surface area contributed by atoms with Crippen LogP contribution in [0.1, 0.15) is 10.4 Å². The van der Waals surface area contributed by atoms with E-state index in [1.807, 2.05) is 24.3 Å². The molecule has 2 nitrogen and oxygen atoms in total. The number of hydrogen-bond donors (Lipinski definition) is 0. The third kappa shape index (κ3) is 3.25. The Bertz CT molecular complexity index is 464. The second kappa shape index (κ2) is 5.37. The summed E-state index contributed by atoms with van der Waals surface area (Å²) in [6.45, 7) is 0. The summed E-state index contributed by atoms with van der Waals surface area (Å²) in [6, 6.07) is 7.84. The van der Waals surface area contributed by atoms with E-state index in [4.69, 9.17) is 0 Å².